The number of aryl methyl sites for hydroxylation is 1. The minimum absolute atomic E-state index is 0.212. The third-order valence-corrected chi connectivity index (χ3v) is 5.37. The van der Waals surface area contributed by atoms with E-state index in [4.69, 9.17) is 0 Å². The Bertz CT molecular complexity index is 736. The highest BCUT2D eigenvalue weighted by Crippen LogP contribution is 2.49. The average molecular weight is 297 g/mol. The summed E-state index contributed by atoms with van der Waals surface area (Å²) in [5.74, 6) is 1.54. The first-order valence-electron chi connectivity index (χ1n) is 8.09. The molecule has 2 aromatic rings. The Labute approximate surface area is 130 Å². The number of piperidine rings is 1. The van der Waals surface area contributed by atoms with Crippen LogP contribution < -0.4 is 10.6 Å². The van der Waals surface area contributed by atoms with Crippen molar-refractivity contribution in [2.24, 2.45) is 17.8 Å². The summed E-state index contributed by atoms with van der Waals surface area (Å²) in [4.78, 5) is 12.6. The molecule has 3 heterocycles. The van der Waals surface area contributed by atoms with E-state index in [9.17, 15) is 4.79 Å². The Balaban J connectivity index is 1.59. The van der Waals surface area contributed by atoms with Crippen LogP contribution in [0, 0.1) is 24.7 Å². The van der Waals surface area contributed by atoms with Crippen molar-refractivity contribution in [2.45, 2.75) is 26.3 Å². The van der Waals surface area contributed by atoms with E-state index >= 15 is 0 Å². The number of aromatic nitrogens is 1. The van der Waals surface area contributed by atoms with Gasteiger partial charge in [-0.3, -0.25) is 4.79 Å². The molecule has 0 spiro atoms. The van der Waals surface area contributed by atoms with Crippen molar-refractivity contribution in [3.8, 4) is 0 Å². The second-order valence-corrected chi connectivity index (χ2v) is 7.29. The summed E-state index contributed by atoms with van der Waals surface area (Å²) in [5.41, 5.74) is 3.20. The molecule has 4 nitrogen and oxygen atoms in total. The molecule has 2 fully saturated rings. The Morgan fingerprint density at radius 1 is 1.27 bits per heavy atom. The molecule has 1 saturated heterocycles. The van der Waals surface area contributed by atoms with Gasteiger partial charge in [-0.1, -0.05) is 6.07 Å². The molecule has 0 aromatic carbocycles. The number of carbonyl (C=O) groups excluding carboxylic acids is 1. The maximum absolute atomic E-state index is 12.6. The Hall–Kier alpha value is -1.81. The average Bonchev–Trinajstić information content (AvgIpc) is 2.85. The summed E-state index contributed by atoms with van der Waals surface area (Å²) >= 11 is 0. The molecule has 4 heteroatoms. The maximum atomic E-state index is 12.6. The van der Waals surface area contributed by atoms with E-state index in [1.807, 2.05) is 0 Å². The number of hydrogen-bond donors (Lipinski definition) is 2. The van der Waals surface area contributed by atoms with E-state index in [0.29, 0.717) is 11.8 Å². The van der Waals surface area contributed by atoms with E-state index in [-0.39, 0.29) is 17.4 Å². The van der Waals surface area contributed by atoms with Gasteiger partial charge in [-0.15, -0.1) is 0 Å². The summed E-state index contributed by atoms with van der Waals surface area (Å²) in [5, 5.41) is 6.62. The molecule has 1 amide bonds. The molecule has 1 unspecified atom stereocenters. The van der Waals surface area contributed by atoms with Crippen molar-refractivity contribution in [3.63, 3.8) is 0 Å². The molecule has 116 valence electrons. The van der Waals surface area contributed by atoms with Gasteiger partial charge in [0.2, 0.25) is 5.91 Å². The van der Waals surface area contributed by atoms with Gasteiger partial charge in [0.25, 0.3) is 0 Å². The summed E-state index contributed by atoms with van der Waals surface area (Å²) in [6.07, 6.45) is 2.07. The molecule has 4 rings (SSSR count). The number of nitrogens with one attached hydrogen (secondary N) is 2. The smallest absolute Gasteiger partial charge is 0.224 e. The van der Waals surface area contributed by atoms with E-state index in [0.717, 1.165) is 18.8 Å². The van der Waals surface area contributed by atoms with Crippen LogP contribution in [0.25, 0.3) is 5.52 Å². The Morgan fingerprint density at radius 3 is 2.73 bits per heavy atom. The Kier molecular flexibility index (Phi) is 2.89. The molecule has 0 radical (unpaired) electrons. The molecule has 2 aliphatic rings. The second-order valence-electron chi connectivity index (χ2n) is 7.29. The minimum Gasteiger partial charge on any atom is -0.345 e. The number of amides is 1. The first-order chi connectivity index (χ1) is 10.5. The summed E-state index contributed by atoms with van der Waals surface area (Å²) in [6.45, 7) is 8.28. The van der Waals surface area contributed by atoms with E-state index in [1.54, 1.807) is 0 Å². The topological polar surface area (TPSA) is 45.5 Å². The number of rotatable bonds is 3. The highest BCUT2D eigenvalue weighted by molar-refractivity contribution is 5.83. The van der Waals surface area contributed by atoms with Gasteiger partial charge in [-0.2, -0.15) is 0 Å². The summed E-state index contributed by atoms with van der Waals surface area (Å²) < 4.78 is 2.19. The van der Waals surface area contributed by atoms with Crippen LogP contribution in [-0.2, 0) is 10.3 Å². The van der Waals surface area contributed by atoms with Gasteiger partial charge < -0.3 is 15.0 Å². The van der Waals surface area contributed by atoms with Crippen molar-refractivity contribution >= 4 is 11.4 Å². The lowest BCUT2D eigenvalue weighted by molar-refractivity contribution is -0.124. The minimum atomic E-state index is -0.373. The van der Waals surface area contributed by atoms with Crippen LogP contribution in [0.4, 0.5) is 0 Å². The van der Waals surface area contributed by atoms with Gasteiger partial charge in [0, 0.05) is 23.3 Å². The van der Waals surface area contributed by atoms with E-state index < -0.39 is 0 Å². The Morgan fingerprint density at radius 2 is 2.00 bits per heavy atom. The fourth-order valence-corrected chi connectivity index (χ4v) is 4.06. The largest absolute Gasteiger partial charge is 0.345 e. The van der Waals surface area contributed by atoms with Crippen molar-refractivity contribution in [3.05, 3.63) is 41.7 Å². The number of nitrogens with zero attached hydrogens (tertiary/aromatic N) is 1. The highest BCUT2D eigenvalue weighted by Gasteiger charge is 2.57. The quantitative estimate of drug-likeness (QED) is 0.911. The van der Waals surface area contributed by atoms with E-state index in [1.165, 1.54) is 11.1 Å². The fourth-order valence-electron chi connectivity index (χ4n) is 4.06. The van der Waals surface area contributed by atoms with Crippen LogP contribution >= 0.6 is 0 Å². The molecule has 1 aliphatic carbocycles. The lowest BCUT2D eigenvalue weighted by Crippen LogP contribution is -2.43. The lowest BCUT2D eigenvalue weighted by atomic mass is 10.00. The molecule has 0 bridgehead atoms. The van der Waals surface area contributed by atoms with Gasteiger partial charge in [-0.25, -0.2) is 0 Å². The summed E-state index contributed by atoms with van der Waals surface area (Å²) in [7, 11) is 0. The molecule has 1 aliphatic heterocycles. The van der Waals surface area contributed by atoms with Crippen molar-refractivity contribution in [1.82, 2.24) is 15.0 Å². The van der Waals surface area contributed by atoms with Crippen LogP contribution in [0.15, 0.2) is 30.5 Å². The number of pyridine rings is 1. The second kappa shape index (κ2) is 4.59. The van der Waals surface area contributed by atoms with Crippen molar-refractivity contribution in [1.29, 1.82) is 0 Å². The third-order valence-electron chi connectivity index (χ3n) is 5.37. The van der Waals surface area contributed by atoms with Gasteiger partial charge >= 0.3 is 0 Å². The molecule has 1 saturated carbocycles. The monoisotopic (exact) mass is 297 g/mol. The van der Waals surface area contributed by atoms with Crippen LogP contribution in [0.1, 0.15) is 25.1 Å². The predicted molar refractivity (Wildman–Crippen MR) is 86.6 cm³/mol. The lowest BCUT2D eigenvalue weighted by Gasteiger charge is -2.27. The number of fused-ring (bicyclic) bond motifs is 2. The first kappa shape index (κ1) is 13.8. The van der Waals surface area contributed by atoms with E-state index in [2.05, 4.69) is 66.3 Å². The molecular formula is C18H23N3O. The van der Waals surface area contributed by atoms with Gasteiger partial charge in [-0.05, 0) is 69.5 Å². The van der Waals surface area contributed by atoms with Crippen LogP contribution in [-0.4, -0.2) is 23.4 Å². The number of carbonyl (C=O) groups is 1. The van der Waals surface area contributed by atoms with Crippen molar-refractivity contribution in [2.75, 3.05) is 13.1 Å². The zero-order chi connectivity index (χ0) is 15.5. The SMILES string of the molecule is Cc1cccn2c(C(C)(C)NC(=O)C3[C@H]4CNC[C@@H]34)ccc12. The third kappa shape index (κ3) is 1.97. The fraction of sp³-hybridized carbons (Fsp3) is 0.500. The maximum Gasteiger partial charge on any atom is 0.224 e. The predicted octanol–water partition coefficient (Wildman–Crippen LogP) is 2.06. The van der Waals surface area contributed by atoms with Crippen LogP contribution in [0.5, 0.6) is 0 Å². The molecule has 2 N–H and O–H groups in total. The van der Waals surface area contributed by atoms with Gasteiger partial charge in [0.1, 0.15) is 0 Å². The first-order valence-corrected chi connectivity index (χ1v) is 8.09. The van der Waals surface area contributed by atoms with Crippen LogP contribution in [0.3, 0.4) is 0 Å². The normalized spacial score (nSPS) is 27.0. The highest BCUT2D eigenvalue weighted by atomic mass is 16.2. The molecule has 3 atom stereocenters. The van der Waals surface area contributed by atoms with Crippen LogP contribution in [0.2, 0.25) is 0 Å². The van der Waals surface area contributed by atoms with Gasteiger partial charge in [0.15, 0.2) is 0 Å². The molecule has 22 heavy (non-hydrogen) atoms. The zero-order valence-electron chi connectivity index (χ0n) is 13.4. The van der Waals surface area contributed by atoms with Crippen molar-refractivity contribution < 1.29 is 4.79 Å². The summed E-state index contributed by atoms with van der Waals surface area (Å²) in [6, 6.07) is 8.43. The molecular weight excluding hydrogens is 274 g/mol. The van der Waals surface area contributed by atoms with Gasteiger partial charge in [0.05, 0.1) is 5.54 Å². The zero-order valence-corrected chi connectivity index (χ0v) is 13.4. The molecule has 2 aromatic heterocycles. The standard InChI is InChI=1S/C18H23N3O/c1-11-5-4-8-21-14(11)6-7-15(21)18(2,3)20-17(22)16-12-9-19-10-13(12)16/h4-8,12-13,16,19H,9-10H2,1-3H3,(H,20,22)/t12-,13+,16?. The number of hydrogen-bond acceptors (Lipinski definition) is 2.